The van der Waals surface area contributed by atoms with Gasteiger partial charge in [0.25, 0.3) is 0 Å². The molecule has 0 bridgehead atoms. The van der Waals surface area contributed by atoms with Crippen LogP contribution in [0.15, 0.2) is 17.4 Å². The topological polar surface area (TPSA) is 57.5 Å². The highest BCUT2D eigenvalue weighted by Crippen LogP contribution is 2.20. The maximum atomic E-state index is 4.82. The first-order valence-corrected chi connectivity index (χ1v) is 9.27. The summed E-state index contributed by atoms with van der Waals surface area (Å²) in [5.74, 6) is 0.895. The molecule has 136 valence electrons. The number of rotatable bonds is 7. The number of piperidine rings is 1. The van der Waals surface area contributed by atoms with Crippen LogP contribution in [-0.4, -0.2) is 58.9 Å². The zero-order valence-corrected chi connectivity index (χ0v) is 15.8. The molecule has 1 saturated heterocycles. The van der Waals surface area contributed by atoms with Gasteiger partial charge in [-0.05, 0) is 59.2 Å². The number of aliphatic imine (C=N–C) groups is 1. The largest absolute Gasteiger partial charge is 0.357 e. The van der Waals surface area contributed by atoms with Gasteiger partial charge in [0, 0.05) is 24.8 Å². The van der Waals surface area contributed by atoms with E-state index in [2.05, 4.69) is 54.5 Å². The highest BCUT2D eigenvalue weighted by molar-refractivity contribution is 5.79. The van der Waals surface area contributed by atoms with Crippen molar-refractivity contribution in [1.29, 1.82) is 0 Å². The van der Waals surface area contributed by atoms with Crippen LogP contribution in [0, 0.1) is 6.92 Å². The smallest absolute Gasteiger partial charge is 0.191 e. The van der Waals surface area contributed by atoms with Gasteiger partial charge in [-0.15, -0.1) is 0 Å². The van der Waals surface area contributed by atoms with Crippen molar-refractivity contribution in [3.05, 3.63) is 18.0 Å². The number of aryl methyl sites for hydroxylation is 1. The van der Waals surface area contributed by atoms with E-state index in [4.69, 9.17) is 4.99 Å². The molecule has 0 spiro atoms. The van der Waals surface area contributed by atoms with Crippen molar-refractivity contribution in [2.75, 3.05) is 32.7 Å². The van der Waals surface area contributed by atoms with E-state index in [0.717, 1.165) is 32.1 Å². The summed E-state index contributed by atoms with van der Waals surface area (Å²) in [7, 11) is 0. The number of guanidine groups is 1. The Morgan fingerprint density at radius 1 is 1.25 bits per heavy atom. The standard InChI is InChI=1S/C18H34N6/c1-5-19-17(20-9-12-24-14-16(2)13-22-24)21-15-18(3,4)23-10-7-6-8-11-23/h13-14H,5-12,15H2,1-4H3,(H2,19,20,21). The average Bonchev–Trinajstić information content (AvgIpc) is 2.99. The van der Waals surface area contributed by atoms with Crippen molar-refractivity contribution in [2.24, 2.45) is 4.99 Å². The molecule has 0 unspecified atom stereocenters. The molecule has 1 aliphatic heterocycles. The molecule has 0 radical (unpaired) electrons. The molecule has 6 heteroatoms. The summed E-state index contributed by atoms with van der Waals surface area (Å²) in [4.78, 5) is 7.40. The van der Waals surface area contributed by atoms with E-state index < -0.39 is 0 Å². The fraction of sp³-hybridized carbons (Fsp3) is 0.778. The van der Waals surface area contributed by atoms with Gasteiger partial charge in [-0.25, -0.2) is 0 Å². The van der Waals surface area contributed by atoms with Crippen LogP contribution in [0.25, 0.3) is 0 Å². The summed E-state index contributed by atoms with van der Waals surface area (Å²) >= 11 is 0. The number of hydrogen-bond acceptors (Lipinski definition) is 3. The van der Waals surface area contributed by atoms with Gasteiger partial charge in [-0.2, -0.15) is 5.10 Å². The second kappa shape index (κ2) is 9.06. The van der Waals surface area contributed by atoms with Gasteiger partial charge in [0.1, 0.15) is 0 Å². The normalized spacial score (nSPS) is 17.1. The zero-order valence-electron chi connectivity index (χ0n) is 15.8. The van der Waals surface area contributed by atoms with Gasteiger partial charge in [0.15, 0.2) is 5.96 Å². The predicted molar refractivity (Wildman–Crippen MR) is 100 cm³/mol. The molecule has 6 nitrogen and oxygen atoms in total. The van der Waals surface area contributed by atoms with Crippen LogP contribution in [0.1, 0.15) is 45.6 Å². The van der Waals surface area contributed by atoms with E-state index in [0.29, 0.717) is 0 Å². The maximum Gasteiger partial charge on any atom is 0.191 e. The predicted octanol–water partition coefficient (Wildman–Crippen LogP) is 2.01. The quantitative estimate of drug-likeness (QED) is 0.592. The number of aromatic nitrogens is 2. The Labute approximate surface area is 146 Å². The SMILES string of the molecule is CCNC(=NCC(C)(C)N1CCCCC1)NCCn1cc(C)cn1. The van der Waals surface area contributed by atoms with E-state index in [1.54, 1.807) is 0 Å². The second-order valence-electron chi connectivity index (χ2n) is 7.26. The van der Waals surface area contributed by atoms with Crippen LogP contribution >= 0.6 is 0 Å². The fourth-order valence-corrected chi connectivity index (χ4v) is 3.09. The third-order valence-corrected chi connectivity index (χ3v) is 4.58. The van der Waals surface area contributed by atoms with E-state index in [9.17, 15) is 0 Å². The molecular formula is C18H34N6. The highest BCUT2D eigenvalue weighted by Gasteiger charge is 2.27. The minimum atomic E-state index is 0.113. The Bertz CT molecular complexity index is 513. The van der Waals surface area contributed by atoms with Gasteiger partial charge < -0.3 is 10.6 Å². The summed E-state index contributed by atoms with van der Waals surface area (Å²) in [6, 6.07) is 0. The lowest BCUT2D eigenvalue weighted by molar-refractivity contribution is 0.102. The van der Waals surface area contributed by atoms with Gasteiger partial charge >= 0.3 is 0 Å². The monoisotopic (exact) mass is 334 g/mol. The van der Waals surface area contributed by atoms with E-state index in [-0.39, 0.29) is 5.54 Å². The van der Waals surface area contributed by atoms with Crippen LogP contribution in [-0.2, 0) is 6.54 Å². The summed E-state index contributed by atoms with van der Waals surface area (Å²) in [5.41, 5.74) is 1.31. The average molecular weight is 335 g/mol. The van der Waals surface area contributed by atoms with Crippen LogP contribution in [0.4, 0.5) is 0 Å². The van der Waals surface area contributed by atoms with Crippen molar-refractivity contribution in [2.45, 2.75) is 59.0 Å². The third kappa shape index (κ3) is 5.82. The fourth-order valence-electron chi connectivity index (χ4n) is 3.09. The van der Waals surface area contributed by atoms with E-state index in [1.165, 1.54) is 37.9 Å². The summed E-state index contributed by atoms with van der Waals surface area (Å²) in [5, 5.41) is 11.1. The molecule has 24 heavy (non-hydrogen) atoms. The van der Waals surface area contributed by atoms with Crippen molar-refractivity contribution in [3.63, 3.8) is 0 Å². The summed E-state index contributed by atoms with van der Waals surface area (Å²) in [6.45, 7) is 14.5. The molecule has 1 fully saturated rings. The molecule has 0 amide bonds. The van der Waals surface area contributed by atoms with Crippen molar-refractivity contribution < 1.29 is 0 Å². The maximum absolute atomic E-state index is 4.82. The second-order valence-corrected chi connectivity index (χ2v) is 7.26. The number of nitrogens with zero attached hydrogens (tertiary/aromatic N) is 4. The van der Waals surface area contributed by atoms with Gasteiger partial charge in [0.05, 0.1) is 19.3 Å². The lowest BCUT2D eigenvalue weighted by atomic mass is 9.99. The minimum Gasteiger partial charge on any atom is -0.357 e. The lowest BCUT2D eigenvalue weighted by Crippen LogP contribution is -2.49. The summed E-state index contributed by atoms with van der Waals surface area (Å²) in [6.07, 6.45) is 7.95. The third-order valence-electron chi connectivity index (χ3n) is 4.58. The Morgan fingerprint density at radius 2 is 2.00 bits per heavy atom. The zero-order chi connectivity index (χ0) is 17.4. The Balaban J connectivity index is 1.84. The van der Waals surface area contributed by atoms with Gasteiger partial charge in [0.2, 0.25) is 0 Å². The van der Waals surface area contributed by atoms with Gasteiger partial charge in [-0.1, -0.05) is 6.42 Å². The number of hydrogen-bond donors (Lipinski definition) is 2. The van der Waals surface area contributed by atoms with E-state index in [1.807, 2.05) is 10.9 Å². The van der Waals surface area contributed by atoms with Crippen LogP contribution in [0.2, 0.25) is 0 Å². The molecule has 0 aliphatic carbocycles. The first-order chi connectivity index (χ1) is 11.5. The summed E-state index contributed by atoms with van der Waals surface area (Å²) < 4.78 is 1.96. The molecule has 2 rings (SSSR count). The Kier molecular flexibility index (Phi) is 7.09. The lowest BCUT2D eigenvalue weighted by Gasteiger charge is -2.40. The molecule has 1 aliphatic rings. The molecule has 0 atom stereocenters. The molecule has 1 aromatic rings. The van der Waals surface area contributed by atoms with Crippen molar-refractivity contribution in [3.8, 4) is 0 Å². The van der Waals surface area contributed by atoms with Crippen molar-refractivity contribution in [1.82, 2.24) is 25.3 Å². The molecule has 0 saturated carbocycles. The van der Waals surface area contributed by atoms with Gasteiger partial charge in [-0.3, -0.25) is 14.6 Å². The first kappa shape index (κ1) is 18.8. The Hall–Kier alpha value is -1.56. The van der Waals surface area contributed by atoms with Crippen molar-refractivity contribution >= 4 is 5.96 Å². The molecule has 2 heterocycles. The van der Waals surface area contributed by atoms with Crippen LogP contribution < -0.4 is 10.6 Å². The minimum absolute atomic E-state index is 0.113. The number of likely N-dealkylation sites (tertiary alicyclic amines) is 1. The number of nitrogens with one attached hydrogen (secondary N) is 2. The van der Waals surface area contributed by atoms with E-state index >= 15 is 0 Å². The molecule has 0 aromatic carbocycles. The molecule has 1 aromatic heterocycles. The molecular weight excluding hydrogens is 300 g/mol. The Morgan fingerprint density at radius 3 is 2.62 bits per heavy atom. The van der Waals surface area contributed by atoms with Crippen LogP contribution in [0.3, 0.4) is 0 Å². The molecule has 2 N–H and O–H groups in total. The first-order valence-electron chi connectivity index (χ1n) is 9.27. The highest BCUT2D eigenvalue weighted by atomic mass is 15.3. The van der Waals surface area contributed by atoms with Crippen LogP contribution in [0.5, 0.6) is 0 Å².